The zero-order chi connectivity index (χ0) is 9.14. The van der Waals surface area contributed by atoms with E-state index in [0.29, 0.717) is 11.5 Å². The zero-order valence-electron chi connectivity index (χ0n) is 6.33. The number of hydrogen-bond donors (Lipinski definition) is 0. The molecule has 70 valence electrons. The Morgan fingerprint density at radius 1 is 1.33 bits per heavy atom. The summed E-state index contributed by atoms with van der Waals surface area (Å²) in [5.41, 5.74) is 0. The van der Waals surface area contributed by atoms with E-state index in [2.05, 4.69) is 0 Å². The molecule has 1 aliphatic heterocycles. The van der Waals surface area contributed by atoms with Crippen LogP contribution in [-0.2, 0) is 15.6 Å². The largest absolute Gasteiger partial charge is 0.336 e. The van der Waals surface area contributed by atoms with E-state index >= 15 is 0 Å². The van der Waals surface area contributed by atoms with Crippen LogP contribution in [0, 0.1) is 0 Å². The molecule has 0 aromatic rings. The van der Waals surface area contributed by atoms with Crippen molar-refractivity contribution in [1.29, 1.82) is 0 Å². The fraction of sp³-hybridized carbons (Fsp3) is 0.833. The highest BCUT2D eigenvalue weighted by molar-refractivity contribution is 7.85. The van der Waals surface area contributed by atoms with Crippen molar-refractivity contribution < 1.29 is 17.8 Å². The fourth-order valence-electron chi connectivity index (χ4n) is 0.996. The van der Waals surface area contributed by atoms with Gasteiger partial charge in [0.05, 0.1) is 0 Å². The summed E-state index contributed by atoms with van der Waals surface area (Å²) in [5.74, 6) is -0.511. The minimum absolute atomic E-state index is 0.190. The normalized spacial score (nSPS) is 20.1. The molecular weight excluding hydrogens is 188 g/mol. The second-order valence-corrected chi connectivity index (χ2v) is 4.17. The standard InChI is InChI=1S/C6H9F2NO2S/c7-5(8)6(10)9-1-3-12(11)4-2-9/h5H,1-4H2. The lowest BCUT2D eigenvalue weighted by atomic mass is 10.4. The molecular formula is C6H9F2NO2S. The van der Waals surface area contributed by atoms with E-state index in [4.69, 9.17) is 0 Å². The van der Waals surface area contributed by atoms with Gasteiger partial charge in [0.25, 0.3) is 5.91 Å². The summed E-state index contributed by atoms with van der Waals surface area (Å²) in [7, 11) is -0.929. The van der Waals surface area contributed by atoms with Crippen molar-refractivity contribution in [1.82, 2.24) is 4.90 Å². The van der Waals surface area contributed by atoms with Gasteiger partial charge in [-0.2, -0.15) is 8.78 Å². The Balaban J connectivity index is 2.44. The van der Waals surface area contributed by atoms with Crippen LogP contribution >= 0.6 is 0 Å². The molecule has 0 spiro atoms. The van der Waals surface area contributed by atoms with E-state index in [9.17, 15) is 17.8 Å². The summed E-state index contributed by atoms with van der Waals surface area (Å²) < 4.78 is 34.5. The first-order valence-electron chi connectivity index (χ1n) is 3.53. The molecule has 0 unspecified atom stereocenters. The van der Waals surface area contributed by atoms with Crippen molar-refractivity contribution >= 4 is 16.7 Å². The molecule has 0 saturated carbocycles. The van der Waals surface area contributed by atoms with Gasteiger partial charge in [-0.15, -0.1) is 0 Å². The van der Waals surface area contributed by atoms with E-state index in [1.165, 1.54) is 0 Å². The van der Waals surface area contributed by atoms with Crippen LogP contribution in [0.15, 0.2) is 0 Å². The first-order valence-corrected chi connectivity index (χ1v) is 5.02. The molecule has 0 aliphatic carbocycles. The lowest BCUT2D eigenvalue weighted by molar-refractivity contribution is -0.142. The number of nitrogens with zero attached hydrogens (tertiary/aromatic N) is 1. The van der Waals surface area contributed by atoms with Crippen LogP contribution in [0.4, 0.5) is 8.78 Å². The number of amides is 1. The van der Waals surface area contributed by atoms with Gasteiger partial charge in [0.1, 0.15) is 0 Å². The Labute approximate surface area is 71.2 Å². The third kappa shape index (κ3) is 2.23. The molecule has 0 radical (unpaired) electrons. The Morgan fingerprint density at radius 2 is 1.83 bits per heavy atom. The number of carbonyl (C=O) groups excluding carboxylic acids is 1. The van der Waals surface area contributed by atoms with Crippen molar-refractivity contribution in [2.75, 3.05) is 24.6 Å². The SMILES string of the molecule is O=C(C(F)F)N1CCS(=O)CC1. The van der Waals surface area contributed by atoms with Gasteiger partial charge in [0, 0.05) is 35.4 Å². The minimum atomic E-state index is -2.93. The Kier molecular flexibility index (Phi) is 3.13. The van der Waals surface area contributed by atoms with Crippen molar-refractivity contribution in [3.63, 3.8) is 0 Å². The third-order valence-corrected chi connectivity index (χ3v) is 2.95. The van der Waals surface area contributed by atoms with Gasteiger partial charge in [0.2, 0.25) is 0 Å². The van der Waals surface area contributed by atoms with Gasteiger partial charge in [-0.1, -0.05) is 0 Å². The highest BCUT2D eigenvalue weighted by Gasteiger charge is 2.26. The van der Waals surface area contributed by atoms with E-state index in [1.807, 2.05) is 0 Å². The molecule has 12 heavy (non-hydrogen) atoms. The van der Waals surface area contributed by atoms with Gasteiger partial charge in [-0.25, -0.2) is 0 Å². The van der Waals surface area contributed by atoms with Crippen molar-refractivity contribution in [2.24, 2.45) is 0 Å². The quantitative estimate of drug-likeness (QED) is 0.586. The lowest BCUT2D eigenvalue weighted by Crippen LogP contribution is -2.44. The van der Waals surface area contributed by atoms with E-state index in [1.54, 1.807) is 0 Å². The van der Waals surface area contributed by atoms with Crippen LogP contribution in [0.3, 0.4) is 0 Å². The minimum Gasteiger partial charge on any atom is -0.336 e. The Morgan fingerprint density at radius 3 is 2.25 bits per heavy atom. The topological polar surface area (TPSA) is 37.4 Å². The summed E-state index contributed by atoms with van der Waals surface area (Å²) in [6, 6.07) is 0. The molecule has 1 aliphatic rings. The maximum atomic E-state index is 11.8. The van der Waals surface area contributed by atoms with E-state index in [-0.39, 0.29) is 13.1 Å². The Hall–Kier alpha value is -0.520. The molecule has 1 rings (SSSR count). The van der Waals surface area contributed by atoms with Gasteiger partial charge in [0.15, 0.2) is 0 Å². The molecule has 1 fully saturated rings. The number of carbonyl (C=O) groups is 1. The molecule has 1 amide bonds. The highest BCUT2D eigenvalue weighted by atomic mass is 32.2. The monoisotopic (exact) mass is 197 g/mol. The Bertz CT molecular complexity index is 200. The molecule has 1 saturated heterocycles. The number of alkyl halides is 2. The van der Waals surface area contributed by atoms with Crippen LogP contribution in [-0.4, -0.2) is 46.0 Å². The fourth-order valence-corrected chi connectivity index (χ4v) is 2.05. The van der Waals surface area contributed by atoms with Crippen molar-refractivity contribution in [2.45, 2.75) is 6.43 Å². The highest BCUT2D eigenvalue weighted by Crippen LogP contribution is 2.05. The maximum absolute atomic E-state index is 11.8. The van der Waals surface area contributed by atoms with Gasteiger partial charge >= 0.3 is 6.43 Å². The van der Waals surface area contributed by atoms with Crippen LogP contribution in [0.2, 0.25) is 0 Å². The van der Waals surface area contributed by atoms with Gasteiger partial charge in [-0.3, -0.25) is 9.00 Å². The van der Waals surface area contributed by atoms with Gasteiger partial charge < -0.3 is 4.90 Å². The summed E-state index contributed by atoms with van der Waals surface area (Å²) in [6.07, 6.45) is -2.93. The first-order chi connectivity index (χ1) is 5.61. The first kappa shape index (κ1) is 9.57. The van der Waals surface area contributed by atoms with Crippen molar-refractivity contribution in [3.05, 3.63) is 0 Å². The zero-order valence-corrected chi connectivity index (χ0v) is 7.15. The number of halogens is 2. The summed E-state index contributed by atoms with van der Waals surface area (Å²) in [5, 5.41) is 0. The van der Waals surface area contributed by atoms with Crippen LogP contribution < -0.4 is 0 Å². The molecule has 0 aromatic carbocycles. The molecule has 0 aromatic heterocycles. The van der Waals surface area contributed by atoms with Crippen LogP contribution in [0.25, 0.3) is 0 Å². The molecule has 0 bridgehead atoms. The summed E-state index contributed by atoms with van der Waals surface area (Å²) in [4.78, 5) is 11.7. The molecule has 1 heterocycles. The van der Waals surface area contributed by atoms with E-state index in [0.717, 1.165) is 4.90 Å². The average Bonchev–Trinajstić information content (AvgIpc) is 2.04. The summed E-state index contributed by atoms with van der Waals surface area (Å²) >= 11 is 0. The number of rotatable bonds is 1. The second-order valence-electron chi connectivity index (χ2n) is 2.47. The smallest absolute Gasteiger partial charge is 0.315 e. The predicted molar refractivity (Wildman–Crippen MR) is 40.5 cm³/mol. The molecule has 0 N–H and O–H groups in total. The number of hydrogen-bond acceptors (Lipinski definition) is 2. The lowest BCUT2D eigenvalue weighted by Gasteiger charge is -2.25. The van der Waals surface area contributed by atoms with Crippen LogP contribution in [0.5, 0.6) is 0 Å². The van der Waals surface area contributed by atoms with Crippen LogP contribution in [0.1, 0.15) is 0 Å². The third-order valence-electron chi connectivity index (χ3n) is 1.68. The molecule has 6 heteroatoms. The molecule has 0 atom stereocenters. The maximum Gasteiger partial charge on any atom is 0.315 e. The van der Waals surface area contributed by atoms with Gasteiger partial charge in [-0.05, 0) is 0 Å². The summed E-state index contributed by atoms with van der Waals surface area (Å²) in [6.45, 7) is 0.381. The average molecular weight is 197 g/mol. The van der Waals surface area contributed by atoms with Crippen molar-refractivity contribution in [3.8, 4) is 0 Å². The predicted octanol–water partition coefficient (Wildman–Crippen LogP) is -0.158. The van der Waals surface area contributed by atoms with E-state index < -0.39 is 23.1 Å². The molecule has 3 nitrogen and oxygen atoms in total. The second kappa shape index (κ2) is 3.93.